The van der Waals surface area contributed by atoms with Crippen LogP contribution in [-0.4, -0.2) is 27.4 Å². The summed E-state index contributed by atoms with van der Waals surface area (Å²) in [6.45, 7) is 0. The van der Waals surface area contributed by atoms with Crippen molar-refractivity contribution in [1.82, 2.24) is 0 Å². The van der Waals surface area contributed by atoms with Crippen LogP contribution in [0.5, 0.6) is 0 Å². The van der Waals surface area contributed by atoms with E-state index in [0.717, 1.165) is 0 Å². The largest absolute Gasteiger partial charge is 0.478 e. The van der Waals surface area contributed by atoms with Gasteiger partial charge in [0, 0.05) is 0 Å². The molecule has 3 N–H and O–H groups in total. The lowest BCUT2D eigenvalue weighted by molar-refractivity contribution is 0.0527. The predicted octanol–water partition coefficient (Wildman–Crippen LogP) is 0.303. The van der Waals surface area contributed by atoms with Gasteiger partial charge in [-0.3, -0.25) is 0 Å². The Labute approximate surface area is 85.8 Å². The quantitative estimate of drug-likeness (QED) is 0.619. The van der Waals surface area contributed by atoms with Gasteiger partial charge in [-0.2, -0.15) is 5.26 Å². The molecule has 1 aromatic carbocycles. The van der Waals surface area contributed by atoms with Crippen LogP contribution in [0.4, 0.5) is 0 Å². The van der Waals surface area contributed by atoms with Crippen molar-refractivity contribution in [2.45, 2.75) is 12.2 Å². The van der Waals surface area contributed by atoms with Gasteiger partial charge in [-0.25, -0.2) is 4.79 Å². The molecule has 0 saturated heterocycles. The molecule has 0 aromatic heterocycles. The summed E-state index contributed by atoms with van der Waals surface area (Å²) in [4.78, 5) is 10.5. The number of carbonyl (C=O) groups is 1. The van der Waals surface area contributed by atoms with E-state index >= 15 is 0 Å². The number of aliphatic hydroxyl groups excluding tert-OH is 2. The average molecular weight is 207 g/mol. The second kappa shape index (κ2) is 4.55. The molecular formula is C10H9NO4. The van der Waals surface area contributed by atoms with Crippen molar-refractivity contribution in [3.8, 4) is 6.07 Å². The maximum atomic E-state index is 10.5. The van der Waals surface area contributed by atoms with Crippen molar-refractivity contribution >= 4 is 5.97 Å². The second-order valence-electron chi connectivity index (χ2n) is 2.95. The van der Waals surface area contributed by atoms with Gasteiger partial charge in [0.2, 0.25) is 0 Å². The number of benzene rings is 1. The standard InChI is InChI=1S/C10H9NO4/c11-5-8(12)9(13)6-1-3-7(4-2-6)10(14)15/h1-4,8-9,12-13H,(H,14,15). The second-order valence-corrected chi connectivity index (χ2v) is 2.95. The first kappa shape index (κ1) is 11.2. The Kier molecular flexibility index (Phi) is 3.39. The third kappa shape index (κ3) is 2.53. The highest BCUT2D eigenvalue weighted by Crippen LogP contribution is 2.17. The van der Waals surface area contributed by atoms with E-state index in [-0.39, 0.29) is 5.56 Å². The summed E-state index contributed by atoms with van der Waals surface area (Å²) >= 11 is 0. The molecule has 15 heavy (non-hydrogen) atoms. The zero-order chi connectivity index (χ0) is 11.4. The van der Waals surface area contributed by atoms with Crippen LogP contribution in [0, 0.1) is 11.3 Å². The molecule has 1 rings (SSSR count). The molecule has 0 aliphatic rings. The summed E-state index contributed by atoms with van der Waals surface area (Å²) in [6, 6.07) is 6.79. The Hall–Kier alpha value is -1.90. The molecule has 1 aromatic rings. The van der Waals surface area contributed by atoms with Gasteiger partial charge in [-0.15, -0.1) is 0 Å². The monoisotopic (exact) mass is 207 g/mol. The molecule has 0 fully saturated rings. The molecule has 2 atom stereocenters. The summed E-state index contributed by atoms with van der Waals surface area (Å²) < 4.78 is 0. The molecule has 5 heteroatoms. The minimum atomic E-state index is -1.51. The number of carboxylic acid groups (broad SMARTS) is 1. The highest BCUT2D eigenvalue weighted by Gasteiger charge is 2.17. The molecule has 0 saturated carbocycles. The Morgan fingerprint density at radius 3 is 2.20 bits per heavy atom. The minimum Gasteiger partial charge on any atom is -0.478 e. The van der Waals surface area contributed by atoms with Gasteiger partial charge in [0.1, 0.15) is 6.10 Å². The number of carboxylic acids is 1. The van der Waals surface area contributed by atoms with Crippen LogP contribution in [0.1, 0.15) is 22.0 Å². The molecule has 0 aliphatic heterocycles. The Balaban J connectivity index is 2.90. The fourth-order valence-electron chi connectivity index (χ4n) is 1.08. The number of aromatic carboxylic acids is 1. The number of rotatable bonds is 3. The van der Waals surface area contributed by atoms with Crippen molar-refractivity contribution in [2.24, 2.45) is 0 Å². The first-order valence-electron chi connectivity index (χ1n) is 4.15. The van der Waals surface area contributed by atoms with Gasteiger partial charge in [-0.05, 0) is 17.7 Å². The molecular weight excluding hydrogens is 198 g/mol. The van der Waals surface area contributed by atoms with E-state index in [1.54, 1.807) is 0 Å². The van der Waals surface area contributed by atoms with Crippen molar-refractivity contribution in [3.05, 3.63) is 35.4 Å². The van der Waals surface area contributed by atoms with Crippen molar-refractivity contribution in [3.63, 3.8) is 0 Å². The minimum absolute atomic E-state index is 0.0809. The number of aliphatic hydroxyl groups is 2. The third-order valence-corrected chi connectivity index (χ3v) is 1.93. The molecule has 0 heterocycles. The highest BCUT2D eigenvalue weighted by molar-refractivity contribution is 5.87. The van der Waals surface area contributed by atoms with Gasteiger partial charge < -0.3 is 15.3 Å². The van der Waals surface area contributed by atoms with Crippen LogP contribution in [0.25, 0.3) is 0 Å². The van der Waals surface area contributed by atoms with Crippen molar-refractivity contribution in [2.75, 3.05) is 0 Å². The molecule has 2 unspecified atom stereocenters. The zero-order valence-electron chi connectivity index (χ0n) is 7.66. The number of hydrogen-bond donors (Lipinski definition) is 3. The molecule has 0 aliphatic carbocycles. The Bertz CT molecular complexity index is 393. The molecule has 78 valence electrons. The van der Waals surface area contributed by atoms with Crippen LogP contribution >= 0.6 is 0 Å². The van der Waals surface area contributed by atoms with E-state index in [4.69, 9.17) is 15.5 Å². The average Bonchev–Trinajstić information content (AvgIpc) is 2.27. The lowest BCUT2D eigenvalue weighted by Crippen LogP contribution is -2.15. The predicted molar refractivity (Wildman–Crippen MR) is 50.0 cm³/mol. The summed E-state index contributed by atoms with van der Waals surface area (Å²) in [5.74, 6) is -1.07. The van der Waals surface area contributed by atoms with Crippen LogP contribution in [0.2, 0.25) is 0 Å². The molecule has 0 bridgehead atoms. The van der Waals surface area contributed by atoms with Gasteiger partial charge in [0.15, 0.2) is 6.10 Å². The number of nitrogens with zero attached hydrogens (tertiary/aromatic N) is 1. The van der Waals surface area contributed by atoms with E-state index in [1.165, 1.54) is 30.3 Å². The lowest BCUT2D eigenvalue weighted by Gasteiger charge is -2.11. The first-order chi connectivity index (χ1) is 7.06. The van der Waals surface area contributed by atoms with Crippen LogP contribution in [0.3, 0.4) is 0 Å². The maximum absolute atomic E-state index is 10.5. The summed E-state index contributed by atoms with van der Waals surface area (Å²) in [6.07, 6.45) is -2.83. The summed E-state index contributed by atoms with van der Waals surface area (Å²) in [7, 11) is 0. The summed E-state index contributed by atoms with van der Waals surface area (Å²) in [5.41, 5.74) is 0.381. The Morgan fingerprint density at radius 2 is 1.80 bits per heavy atom. The van der Waals surface area contributed by atoms with E-state index in [2.05, 4.69) is 0 Å². The van der Waals surface area contributed by atoms with Crippen LogP contribution in [0.15, 0.2) is 24.3 Å². The zero-order valence-corrected chi connectivity index (χ0v) is 7.66. The van der Waals surface area contributed by atoms with E-state index in [0.29, 0.717) is 5.56 Å². The fraction of sp³-hybridized carbons (Fsp3) is 0.200. The van der Waals surface area contributed by atoms with E-state index in [1.807, 2.05) is 0 Å². The van der Waals surface area contributed by atoms with Crippen molar-refractivity contribution < 1.29 is 20.1 Å². The van der Waals surface area contributed by atoms with Crippen molar-refractivity contribution in [1.29, 1.82) is 5.26 Å². The smallest absolute Gasteiger partial charge is 0.335 e. The molecule has 0 spiro atoms. The van der Waals surface area contributed by atoms with E-state index < -0.39 is 18.2 Å². The third-order valence-electron chi connectivity index (χ3n) is 1.93. The highest BCUT2D eigenvalue weighted by atomic mass is 16.4. The SMILES string of the molecule is N#CC(O)C(O)c1ccc(C(=O)O)cc1. The normalized spacial score (nSPS) is 13.9. The maximum Gasteiger partial charge on any atom is 0.335 e. The fourth-order valence-corrected chi connectivity index (χ4v) is 1.08. The summed E-state index contributed by atoms with van der Waals surface area (Å²) in [5, 5.41) is 35.4. The molecule has 0 amide bonds. The van der Waals surface area contributed by atoms with Gasteiger partial charge in [-0.1, -0.05) is 12.1 Å². The Morgan fingerprint density at radius 1 is 1.27 bits per heavy atom. The number of hydrogen-bond acceptors (Lipinski definition) is 4. The molecule has 5 nitrogen and oxygen atoms in total. The first-order valence-corrected chi connectivity index (χ1v) is 4.15. The van der Waals surface area contributed by atoms with Gasteiger partial charge >= 0.3 is 5.97 Å². The van der Waals surface area contributed by atoms with Gasteiger partial charge in [0.25, 0.3) is 0 Å². The van der Waals surface area contributed by atoms with Crippen LogP contribution < -0.4 is 0 Å². The number of nitriles is 1. The van der Waals surface area contributed by atoms with Gasteiger partial charge in [0.05, 0.1) is 11.6 Å². The van der Waals surface area contributed by atoms with Crippen LogP contribution in [-0.2, 0) is 0 Å². The lowest BCUT2D eigenvalue weighted by atomic mass is 10.0. The molecule has 0 radical (unpaired) electrons. The topological polar surface area (TPSA) is 102 Å². The van der Waals surface area contributed by atoms with E-state index in [9.17, 15) is 9.90 Å².